The number of piperidine rings is 1. The second kappa shape index (κ2) is 6.18. The summed E-state index contributed by atoms with van der Waals surface area (Å²) in [6, 6.07) is 8.94. The van der Waals surface area contributed by atoms with Crippen molar-refractivity contribution in [1.29, 1.82) is 0 Å². The van der Waals surface area contributed by atoms with Crippen molar-refractivity contribution in [2.45, 2.75) is 32.7 Å². The summed E-state index contributed by atoms with van der Waals surface area (Å²) in [5.41, 5.74) is 8.34. The number of hydrogen-bond donors (Lipinski definition) is 1. The molecule has 0 aromatic heterocycles. The topological polar surface area (TPSA) is 29.3 Å². The maximum Gasteiger partial charge on any atom is 0.0233 e. The first-order chi connectivity index (χ1) is 8.28. The molecule has 17 heavy (non-hydrogen) atoms. The highest BCUT2D eigenvalue weighted by Gasteiger charge is 2.15. The molecule has 1 aliphatic rings. The summed E-state index contributed by atoms with van der Waals surface area (Å²) < 4.78 is 0. The van der Waals surface area contributed by atoms with Gasteiger partial charge in [-0.1, -0.05) is 31.2 Å². The molecule has 94 valence electrons. The molecule has 0 bridgehead atoms. The first-order valence-electron chi connectivity index (χ1n) is 6.78. The third-order valence-corrected chi connectivity index (χ3v) is 3.60. The Balaban J connectivity index is 1.89. The quantitative estimate of drug-likeness (QED) is 0.864. The number of hydrogen-bond acceptors (Lipinski definition) is 2. The molecule has 1 aliphatic heterocycles. The van der Waals surface area contributed by atoms with Crippen molar-refractivity contribution in [3.8, 4) is 0 Å². The fraction of sp³-hybridized carbons (Fsp3) is 0.600. The van der Waals surface area contributed by atoms with E-state index in [4.69, 9.17) is 5.73 Å². The lowest BCUT2D eigenvalue weighted by atomic mass is 9.99. The van der Waals surface area contributed by atoms with Gasteiger partial charge in [0.05, 0.1) is 0 Å². The van der Waals surface area contributed by atoms with Gasteiger partial charge in [0.25, 0.3) is 0 Å². The molecule has 1 aromatic carbocycles. The van der Waals surface area contributed by atoms with E-state index in [1.54, 1.807) is 0 Å². The van der Waals surface area contributed by atoms with E-state index in [1.807, 2.05) is 0 Å². The smallest absolute Gasteiger partial charge is 0.0233 e. The average molecular weight is 232 g/mol. The first kappa shape index (κ1) is 12.6. The van der Waals surface area contributed by atoms with E-state index < -0.39 is 0 Å². The molecule has 0 saturated carbocycles. The van der Waals surface area contributed by atoms with Crippen LogP contribution in [0, 0.1) is 5.92 Å². The van der Waals surface area contributed by atoms with Gasteiger partial charge in [-0.05, 0) is 49.4 Å². The van der Waals surface area contributed by atoms with Gasteiger partial charge >= 0.3 is 0 Å². The largest absolute Gasteiger partial charge is 0.330 e. The predicted octanol–water partition coefficient (Wildman–Crippen LogP) is 2.42. The van der Waals surface area contributed by atoms with Gasteiger partial charge < -0.3 is 5.73 Å². The van der Waals surface area contributed by atoms with Crippen LogP contribution in [0.2, 0.25) is 0 Å². The molecule has 0 spiro atoms. The van der Waals surface area contributed by atoms with Gasteiger partial charge in [0, 0.05) is 13.1 Å². The normalized spacial score (nSPS) is 21.6. The maximum absolute atomic E-state index is 5.56. The lowest BCUT2D eigenvalue weighted by molar-refractivity contribution is 0.176. The van der Waals surface area contributed by atoms with Crippen molar-refractivity contribution in [2.24, 2.45) is 11.7 Å². The Hall–Kier alpha value is -0.860. The standard InChI is InChI=1S/C15H24N2/c1-13-3-2-10-17(11-13)12-15-6-4-14(5-7-15)8-9-16/h4-7,13H,2-3,8-12,16H2,1H3. The zero-order valence-electron chi connectivity index (χ0n) is 10.9. The van der Waals surface area contributed by atoms with E-state index in [-0.39, 0.29) is 0 Å². The van der Waals surface area contributed by atoms with Gasteiger partial charge in [-0.15, -0.1) is 0 Å². The fourth-order valence-electron chi connectivity index (χ4n) is 2.67. The van der Waals surface area contributed by atoms with Gasteiger partial charge in [-0.3, -0.25) is 4.90 Å². The van der Waals surface area contributed by atoms with E-state index >= 15 is 0 Å². The number of likely N-dealkylation sites (tertiary alicyclic amines) is 1. The van der Waals surface area contributed by atoms with Gasteiger partial charge in [0.1, 0.15) is 0 Å². The molecule has 2 heteroatoms. The summed E-state index contributed by atoms with van der Waals surface area (Å²) in [7, 11) is 0. The highest BCUT2D eigenvalue weighted by atomic mass is 15.1. The second-order valence-corrected chi connectivity index (χ2v) is 5.34. The summed E-state index contributed by atoms with van der Waals surface area (Å²) in [5.74, 6) is 0.861. The monoisotopic (exact) mass is 232 g/mol. The van der Waals surface area contributed by atoms with Crippen LogP contribution in [-0.2, 0) is 13.0 Å². The second-order valence-electron chi connectivity index (χ2n) is 5.34. The Morgan fingerprint density at radius 2 is 1.94 bits per heavy atom. The molecule has 1 atom stereocenters. The van der Waals surface area contributed by atoms with Gasteiger partial charge in [0.2, 0.25) is 0 Å². The minimum Gasteiger partial charge on any atom is -0.330 e. The Bertz CT molecular complexity index is 331. The fourth-order valence-corrected chi connectivity index (χ4v) is 2.67. The summed E-state index contributed by atoms with van der Waals surface area (Å²) in [6.07, 6.45) is 3.74. The van der Waals surface area contributed by atoms with Crippen LogP contribution < -0.4 is 5.73 Å². The van der Waals surface area contributed by atoms with Crippen LogP contribution in [0.5, 0.6) is 0 Å². The summed E-state index contributed by atoms with van der Waals surface area (Å²) >= 11 is 0. The van der Waals surface area contributed by atoms with Crippen molar-refractivity contribution in [3.05, 3.63) is 35.4 Å². The van der Waals surface area contributed by atoms with E-state index in [0.717, 1.165) is 25.4 Å². The minimum atomic E-state index is 0.739. The molecule has 0 radical (unpaired) electrons. The van der Waals surface area contributed by atoms with Crippen LogP contribution in [0.25, 0.3) is 0 Å². The average Bonchev–Trinajstić information content (AvgIpc) is 2.32. The summed E-state index contributed by atoms with van der Waals surface area (Å²) in [4.78, 5) is 2.58. The highest BCUT2D eigenvalue weighted by Crippen LogP contribution is 2.18. The number of benzene rings is 1. The predicted molar refractivity (Wildman–Crippen MR) is 72.9 cm³/mol. The van der Waals surface area contributed by atoms with E-state index in [2.05, 4.69) is 36.1 Å². The first-order valence-corrected chi connectivity index (χ1v) is 6.78. The van der Waals surface area contributed by atoms with Gasteiger partial charge in [0.15, 0.2) is 0 Å². The van der Waals surface area contributed by atoms with Crippen molar-refractivity contribution < 1.29 is 0 Å². The Labute approximate surface area is 105 Å². The lowest BCUT2D eigenvalue weighted by Gasteiger charge is -2.30. The molecule has 2 N–H and O–H groups in total. The summed E-state index contributed by atoms with van der Waals surface area (Å²) in [5, 5.41) is 0. The van der Waals surface area contributed by atoms with Crippen molar-refractivity contribution in [2.75, 3.05) is 19.6 Å². The number of nitrogens with zero attached hydrogens (tertiary/aromatic N) is 1. The number of nitrogens with two attached hydrogens (primary N) is 1. The zero-order chi connectivity index (χ0) is 12.1. The molecule has 0 amide bonds. The van der Waals surface area contributed by atoms with Crippen LogP contribution in [-0.4, -0.2) is 24.5 Å². The Morgan fingerprint density at radius 1 is 1.24 bits per heavy atom. The molecule has 1 saturated heterocycles. The van der Waals surface area contributed by atoms with Gasteiger partial charge in [-0.2, -0.15) is 0 Å². The third kappa shape index (κ3) is 3.83. The molecule has 2 nitrogen and oxygen atoms in total. The molecule has 1 heterocycles. The van der Waals surface area contributed by atoms with Crippen LogP contribution in [0.15, 0.2) is 24.3 Å². The van der Waals surface area contributed by atoms with Crippen molar-refractivity contribution in [1.82, 2.24) is 4.90 Å². The molecule has 1 aromatic rings. The highest BCUT2D eigenvalue weighted by molar-refractivity contribution is 5.22. The minimum absolute atomic E-state index is 0.739. The molecule has 2 rings (SSSR count). The number of rotatable bonds is 4. The SMILES string of the molecule is CC1CCCN(Cc2ccc(CCN)cc2)C1. The maximum atomic E-state index is 5.56. The van der Waals surface area contributed by atoms with Crippen molar-refractivity contribution in [3.63, 3.8) is 0 Å². The molecule has 1 unspecified atom stereocenters. The van der Waals surface area contributed by atoms with Crippen molar-refractivity contribution >= 4 is 0 Å². The van der Waals surface area contributed by atoms with Crippen LogP contribution >= 0.6 is 0 Å². The molecular formula is C15H24N2. The lowest BCUT2D eigenvalue weighted by Crippen LogP contribution is -2.33. The zero-order valence-corrected chi connectivity index (χ0v) is 10.9. The van der Waals surface area contributed by atoms with Gasteiger partial charge in [-0.25, -0.2) is 0 Å². The Kier molecular flexibility index (Phi) is 4.57. The molecular weight excluding hydrogens is 208 g/mol. The van der Waals surface area contributed by atoms with E-state index in [1.165, 1.54) is 37.1 Å². The van der Waals surface area contributed by atoms with E-state index in [0.29, 0.717) is 0 Å². The summed E-state index contributed by atoms with van der Waals surface area (Å²) in [6.45, 7) is 6.71. The van der Waals surface area contributed by atoms with Crippen LogP contribution in [0.4, 0.5) is 0 Å². The van der Waals surface area contributed by atoms with Crippen LogP contribution in [0.1, 0.15) is 30.9 Å². The van der Waals surface area contributed by atoms with Crippen LogP contribution in [0.3, 0.4) is 0 Å². The molecule has 0 aliphatic carbocycles. The molecule has 1 fully saturated rings. The van der Waals surface area contributed by atoms with E-state index in [9.17, 15) is 0 Å². The third-order valence-electron chi connectivity index (χ3n) is 3.60. The Morgan fingerprint density at radius 3 is 2.59 bits per heavy atom.